The smallest absolute Gasteiger partial charge is 0.248 e. The predicted molar refractivity (Wildman–Crippen MR) is 116 cm³/mol. The lowest BCUT2D eigenvalue weighted by molar-refractivity contribution is -0.111. The molecule has 146 valence electrons. The molecule has 7 heteroatoms. The molecule has 2 heterocycles. The lowest BCUT2D eigenvalue weighted by Gasteiger charge is -2.06. The highest BCUT2D eigenvalue weighted by Crippen LogP contribution is 2.22. The zero-order chi connectivity index (χ0) is 20.4. The Balaban J connectivity index is 1.52. The Kier molecular flexibility index (Phi) is 5.18. The van der Waals surface area contributed by atoms with Crippen molar-refractivity contribution in [1.29, 1.82) is 0 Å². The second kappa shape index (κ2) is 7.93. The zero-order valence-electron chi connectivity index (χ0n) is 16.1. The SMILES string of the molecule is Cc1nn(Cc2ccccc2Cl)c(C)c1/C=C/C(=O)Nc1cccc2cn[nH]c12. The number of hydrogen-bond acceptors (Lipinski definition) is 3. The predicted octanol–water partition coefficient (Wildman–Crippen LogP) is 4.73. The fourth-order valence-electron chi connectivity index (χ4n) is 3.30. The standard InChI is InChI=1S/C22H20ClN5O/c1-14-18(15(2)28(27-14)13-17-6-3-4-8-19(17)23)10-11-21(29)25-20-9-5-7-16-12-24-26-22(16)20/h3-12H,13H2,1-2H3,(H,24,26)(H,25,29)/b11-10+. The van der Waals surface area contributed by atoms with E-state index in [1.165, 1.54) is 6.08 Å². The molecule has 0 bridgehead atoms. The number of rotatable bonds is 5. The van der Waals surface area contributed by atoms with Crippen molar-refractivity contribution in [2.75, 3.05) is 5.32 Å². The van der Waals surface area contributed by atoms with Crippen molar-refractivity contribution < 1.29 is 4.79 Å². The molecule has 1 amide bonds. The molecule has 0 radical (unpaired) electrons. The number of carbonyl (C=O) groups is 1. The van der Waals surface area contributed by atoms with Gasteiger partial charge in [0, 0.05) is 27.7 Å². The fraction of sp³-hybridized carbons (Fsp3) is 0.136. The Hall–Kier alpha value is -3.38. The molecular formula is C22H20ClN5O. The van der Waals surface area contributed by atoms with Crippen LogP contribution in [0, 0.1) is 13.8 Å². The lowest BCUT2D eigenvalue weighted by Crippen LogP contribution is -2.08. The van der Waals surface area contributed by atoms with Crippen LogP contribution in [-0.4, -0.2) is 25.9 Å². The fourth-order valence-corrected chi connectivity index (χ4v) is 3.50. The van der Waals surface area contributed by atoms with Crippen LogP contribution in [0.1, 0.15) is 22.5 Å². The van der Waals surface area contributed by atoms with Crippen LogP contribution >= 0.6 is 11.6 Å². The molecule has 0 saturated carbocycles. The van der Waals surface area contributed by atoms with Gasteiger partial charge in [-0.25, -0.2) is 0 Å². The number of halogens is 1. The summed E-state index contributed by atoms with van der Waals surface area (Å²) < 4.78 is 1.90. The summed E-state index contributed by atoms with van der Waals surface area (Å²) in [6.45, 7) is 4.49. The summed E-state index contributed by atoms with van der Waals surface area (Å²) in [6.07, 6.45) is 5.04. The van der Waals surface area contributed by atoms with Gasteiger partial charge in [0.2, 0.25) is 5.91 Å². The number of nitrogens with zero attached hydrogens (tertiary/aromatic N) is 3. The molecule has 0 saturated heterocycles. The van der Waals surface area contributed by atoms with E-state index in [2.05, 4.69) is 20.6 Å². The molecule has 0 fully saturated rings. The number of aromatic nitrogens is 4. The Morgan fingerprint density at radius 1 is 1.21 bits per heavy atom. The topological polar surface area (TPSA) is 75.6 Å². The molecule has 2 aromatic carbocycles. The summed E-state index contributed by atoms with van der Waals surface area (Å²) in [5, 5.41) is 16.1. The Labute approximate surface area is 173 Å². The van der Waals surface area contributed by atoms with Gasteiger partial charge < -0.3 is 5.32 Å². The van der Waals surface area contributed by atoms with E-state index in [1.807, 2.05) is 61.0 Å². The van der Waals surface area contributed by atoms with Gasteiger partial charge in [-0.05, 0) is 37.6 Å². The molecule has 29 heavy (non-hydrogen) atoms. The number of carbonyl (C=O) groups excluding carboxylic acids is 1. The number of hydrogen-bond donors (Lipinski definition) is 2. The van der Waals surface area contributed by atoms with Crippen LogP contribution in [0.4, 0.5) is 5.69 Å². The number of aryl methyl sites for hydroxylation is 1. The molecule has 0 unspecified atom stereocenters. The zero-order valence-corrected chi connectivity index (χ0v) is 16.9. The van der Waals surface area contributed by atoms with Gasteiger partial charge in [-0.2, -0.15) is 10.2 Å². The summed E-state index contributed by atoms with van der Waals surface area (Å²) in [5.74, 6) is -0.218. The molecule has 4 rings (SSSR count). The number of H-pyrrole nitrogens is 1. The van der Waals surface area contributed by atoms with Gasteiger partial charge >= 0.3 is 0 Å². The maximum atomic E-state index is 12.4. The molecular weight excluding hydrogens is 386 g/mol. The van der Waals surface area contributed by atoms with E-state index in [0.29, 0.717) is 17.3 Å². The Morgan fingerprint density at radius 3 is 2.86 bits per heavy atom. The normalized spacial score (nSPS) is 11.4. The quantitative estimate of drug-likeness (QED) is 0.471. The van der Waals surface area contributed by atoms with E-state index < -0.39 is 0 Å². The Bertz CT molecular complexity index is 1220. The molecule has 2 N–H and O–H groups in total. The van der Waals surface area contributed by atoms with Gasteiger partial charge in [0.05, 0.1) is 29.6 Å². The largest absolute Gasteiger partial charge is 0.321 e. The van der Waals surface area contributed by atoms with E-state index in [-0.39, 0.29) is 5.91 Å². The van der Waals surface area contributed by atoms with Crippen molar-refractivity contribution in [2.45, 2.75) is 20.4 Å². The average Bonchev–Trinajstić information content (AvgIpc) is 3.28. The number of anilines is 1. The first-order valence-corrected chi connectivity index (χ1v) is 9.59. The number of amides is 1. The number of benzene rings is 2. The summed E-state index contributed by atoms with van der Waals surface area (Å²) >= 11 is 6.27. The van der Waals surface area contributed by atoms with Crippen LogP contribution in [-0.2, 0) is 11.3 Å². The third-order valence-corrected chi connectivity index (χ3v) is 5.22. The van der Waals surface area contributed by atoms with E-state index >= 15 is 0 Å². The molecule has 2 aromatic heterocycles. The number of nitrogens with one attached hydrogen (secondary N) is 2. The van der Waals surface area contributed by atoms with E-state index in [1.54, 1.807) is 12.3 Å². The maximum Gasteiger partial charge on any atom is 0.248 e. The van der Waals surface area contributed by atoms with Crippen LogP contribution in [0.2, 0.25) is 5.02 Å². The first-order valence-electron chi connectivity index (χ1n) is 9.21. The van der Waals surface area contributed by atoms with Crippen molar-refractivity contribution in [3.05, 3.63) is 82.3 Å². The monoisotopic (exact) mass is 405 g/mol. The van der Waals surface area contributed by atoms with Crippen LogP contribution < -0.4 is 5.32 Å². The van der Waals surface area contributed by atoms with Crippen molar-refractivity contribution in [2.24, 2.45) is 0 Å². The highest BCUT2D eigenvalue weighted by Gasteiger charge is 2.11. The van der Waals surface area contributed by atoms with Gasteiger partial charge in [0.1, 0.15) is 0 Å². The molecule has 0 aliphatic rings. The van der Waals surface area contributed by atoms with Gasteiger partial charge in [0.25, 0.3) is 0 Å². The number of para-hydroxylation sites is 1. The van der Waals surface area contributed by atoms with E-state index in [0.717, 1.165) is 33.4 Å². The van der Waals surface area contributed by atoms with E-state index in [4.69, 9.17) is 11.6 Å². The summed E-state index contributed by atoms with van der Waals surface area (Å²) in [5.41, 5.74) is 5.25. The minimum atomic E-state index is -0.218. The molecule has 0 atom stereocenters. The van der Waals surface area contributed by atoms with Crippen molar-refractivity contribution >= 4 is 40.2 Å². The third kappa shape index (κ3) is 3.93. The minimum Gasteiger partial charge on any atom is -0.321 e. The van der Waals surface area contributed by atoms with Crippen molar-refractivity contribution in [1.82, 2.24) is 20.0 Å². The van der Waals surface area contributed by atoms with Gasteiger partial charge in [0.15, 0.2) is 0 Å². The van der Waals surface area contributed by atoms with Crippen LogP contribution in [0.5, 0.6) is 0 Å². The first-order chi connectivity index (χ1) is 14.0. The summed E-state index contributed by atoms with van der Waals surface area (Å²) in [7, 11) is 0. The number of fused-ring (bicyclic) bond motifs is 1. The molecule has 4 aromatic rings. The number of aromatic amines is 1. The molecule has 0 spiro atoms. The average molecular weight is 406 g/mol. The van der Waals surface area contributed by atoms with Crippen LogP contribution in [0.3, 0.4) is 0 Å². The van der Waals surface area contributed by atoms with E-state index in [9.17, 15) is 4.79 Å². The molecule has 6 nitrogen and oxygen atoms in total. The highest BCUT2D eigenvalue weighted by molar-refractivity contribution is 6.31. The van der Waals surface area contributed by atoms with Crippen molar-refractivity contribution in [3.63, 3.8) is 0 Å². The van der Waals surface area contributed by atoms with Crippen molar-refractivity contribution in [3.8, 4) is 0 Å². The second-order valence-corrected chi connectivity index (χ2v) is 7.20. The highest BCUT2D eigenvalue weighted by atomic mass is 35.5. The molecule has 0 aliphatic carbocycles. The van der Waals surface area contributed by atoms with Gasteiger partial charge in [-0.3, -0.25) is 14.6 Å². The second-order valence-electron chi connectivity index (χ2n) is 6.80. The van der Waals surface area contributed by atoms with Crippen LogP contribution in [0.15, 0.2) is 54.7 Å². The Morgan fingerprint density at radius 2 is 2.03 bits per heavy atom. The first kappa shape index (κ1) is 19.0. The minimum absolute atomic E-state index is 0.218. The molecule has 0 aliphatic heterocycles. The third-order valence-electron chi connectivity index (χ3n) is 4.85. The summed E-state index contributed by atoms with van der Waals surface area (Å²) in [4.78, 5) is 12.4. The van der Waals surface area contributed by atoms with Gasteiger partial charge in [-0.15, -0.1) is 0 Å². The summed E-state index contributed by atoms with van der Waals surface area (Å²) in [6, 6.07) is 13.4. The lowest BCUT2D eigenvalue weighted by atomic mass is 10.1. The van der Waals surface area contributed by atoms with Gasteiger partial charge in [-0.1, -0.05) is 41.9 Å². The maximum absolute atomic E-state index is 12.4. The van der Waals surface area contributed by atoms with Crippen LogP contribution in [0.25, 0.3) is 17.0 Å².